The van der Waals surface area contributed by atoms with Crippen LogP contribution in [0.15, 0.2) is 60.0 Å². The van der Waals surface area contributed by atoms with Gasteiger partial charge in [0.25, 0.3) is 6.02 Å². The van der Waals surface area contributed by atoms with Crippen molar-refractivity contribution in [1.29, 1.82) is 0 Å². The third-order valence-corrected chi connectivity index (χ3v) is 5.30. The average molecular weight is 416 g/mol. The van der Waals surface area contributed by atoms with E-state index in [-0.39, 0.29) is 18.0 Å². The molecule has 158 valence electrons. The quantitative estimate of drug-likeness (QED) is 0.686. The fourth-order valence-corrected chi connectivity index (χ4v) is 3.80. The van der Waals surface area contributed by atoms with E-state index in [0.717, 1.165) is 22.3 Å². The summed E-state index contributed by atoms with van der Waals surface area (Å²) in [4.78, 5) is 13.5. The minimum atomic E-state index is -0.848. The van der Waals surface area contributed by atoms with Crippen molar-refractivity contribution in [3.8, 4) is 28.5 Å². The Hall–Kier alpha value is -3.61. The van der Waals surface area contributed by atoms with Gasteiger partial charge in [0.05, 0.1) is 18.4 Å². The molecule has 2 aliphatic rings. The maximum absolute atomic E-state index is 6.14. The first kappa shape index (κ1) is 19.4. The summed E-state index contributed by atoms with van der Waals surface area (Å²) in [6, 6.07) is 12.0. The normalized spacial score (nSPS) is 19.1. The largest absolute Gasteiger partial charge is 0.491 e. The number of hydrogen-bond acceptors (Lipinski definition) is 7. The van der Waals surface area contributed by atoms with Gasteiger partial charge in [-0.25, -0.2) is 9.98 Å². The number of nitrogens with two attached hydrogens (primary N) is 1. The van der Waals surface area contributed by atoms with E-state index in [1.165, 1.54) is 0 Å². The molecule has 3 aromatic rings. The Kier molecular flexibility index (Phi) is 4.36. The molecule has 4 heterocycles. The second-order valence-corrected chi connectivity index (χ2v) is 9.03. The zero-order valence-corrected chi connectivity index (χ0v) is 17.8. The van der Waals surface area contributed by atoms with Crippen LogP contribution in [0.1, 0.15) is 31.9 Å². The number of benzene rings is 1. The topological polar surface area (TPSA) is 91.9 Å². The fraction of sp³-hybridized carbons (Fsp3) is 0.292. The number of pyridine rings is 2. The van der Waals surface area contributed by atoms with E-state index in [2.05, 4.69) is 36.8 Å². The molecule has 1 aromatic carbocycles. The van der Waals surface area contributed by atoms with E-state index in [0.29, 0.717) is 24.0 Å². The van der Waals surface area contributed by atoms with Crippen LogP contribution >= 0.6 is 0 Å². The molecule has 2 aliphatic heterocycles. The minimum Gasteiger partial charge on any atom is -0.491 e. The van der Waals surface area contributed by atoms with Crippen LogP contribution in [-0.2, 0) is 10.3 Å². The van der Waals surface area contributed by atoms with Crippen LogP contribution < -0.4 is 15.2 Å². The van der Waals surface area contributed by atoms with Gasteiger partial charge >= 0.3 is 0 Å². The lowest BCUT2D eigenvalue weighted by Crippen LogP contribution is -2.31. The van der Waals surface area contributed by atoms with E-state index in [1.54, 1.807) is 12.4 Å². The number of hydrogen-bond donors (Lipinski definition) is 1. The molecule has 2 N–H and O–H groups in total. The average Bonchev–Trinajstić information content (AvgIpc) is 3.15. The summed E-state index contributed by atoms with van der Waals surface area (Å²) in [5.41, 5.74) is 8.81. The Balaban J connectivity index is 1.63. The van der Waals surface area contributed by atoms with Crippen molar-refractivity contribution < 1.29 is 14.2 Å². The van der Waals surface area contributed by atoms with Crippen LogP contribution in [0.3, 0.4) is 0 Å². The zero-order valence-electron chi connectivity index (χ0n) is 17.8. The zero-order chi connectivity index (χ0) is 21.6. The first-order valence-corrected chi connectivity index (χ1v) is 10.2. The van der Waals surface area contributed by atoms with Gasteiger partial charge in [-0.1, -0.05) is 32.9 Å². The summed E-state index contributed by atoms with van der Waals surface area (Å²) in [5, 5.41) is 0. The maximum atomic E-state index is 6.14. The van der Waals surface area contributed by atoms with Crippen LogP contribution in [0, 0.1) is 5.41 Å². The van der Waals surface area contributed by atoms with Crippen molar-refractivity contribution in [2.45, 2.75) is 26.3 Å². The monoisotopic (exact) mass is 416 g/mol. The van der Waals surface area contributed by atoms with E-state index in [9.17, 15) is 0 Å². The van der Waals surface area contributed by atoms with Crippen LogP contribution in [0.25, 0.3) is 11.1 Å². The number of aliphatic imine (C=N–C) groups is 1. The number of ether oxygens (including phenoxy) is 3. The molecule has 0 fully saturated rings. The molecule has 0 saturated heterocycles. The molecule has 1 atom stereocenters. The lowest BCUT2D eigenvalue weighted by atomic mass is 9.81. The number of nitrogens with zero attached hydrogens (tertiary/aromatic N) is 3. The van der Waals surface area contributed by atoms with Gasteiger partial charge in [-0.2, -0.15) is 0 Å². The first-order chi connectivity index (χ1) is 14.8. The van der Waals surface area contributed by atoms with Gasteiger partial charge < -0.3 is 19.9 Å². The van der Waals surface area contributed by atoms with Gasteiger partial charge in [0, 0.05) is 23.5 Å². The summed E-state index contributed by atoms with van der Waals surface area (Å²) < 4.78 is 17.8. The lowest BCUT2D eigenvalue weighted by Gasteiger charge is -2.33. The molecule has 0 radical (unpaired) electrons. The van der Waals surface area contributed by atoms with Gasteiger partial charge in [-0.15, -0.1) is 0 Å². The van der Waals surface area contributed by atoms with Crippen molar-refractivity contribution in [3.63, 3.8) is 0 Å². The number of aromatic nitrogens is 2. The maximum Gasteiger partial charge on any atom is 0.283 e. The highest BCUT2D eigenvalue weighted by Gasteiger charge is 2.48. The van der Waals surface area contributed by atoms with Crippen molar-refractivity contribution in [2.24, 2.45) is 16.1 Å². The van der Waals surface area contributed by atoms with E-state index in [4.69, 9.17) is 24.9 Å². The molecule has 7 nitrogen and oxygen atoms in total. The third kappa shape index (κ3) is 3.46. The minimum absolute atomic E-state index is 0.0222. The van der Waals surface area contributed by atoms with Gasteiger partial charge in [-0.05, 0) is 35.2 Å². The number of amidine groups is 1. The molecule has 5 rings (SSSR count). The summed E-state index contributed by atoms with van der Waals surface area (Å²) in [6.45, 7) is 7.19. The van der Waals surface area contributed by atoms with Gasteiger partial charge in [0.15, 0.2) is 5.54 Å². The SMILES string of the molecule is CC(C)(C)COc1cnc2c(c1)[C@@]1(COC(N)=N1)c1cc(-c3cccnc3)ccc1O2. The Morgan fingerprint density at radius 3 is 2.68 bits per heavy atom. The van der Waals surface area contributed by atoms with Crippen LogP contribution in [-0.4, -0.2) is 29.2 Å². The summed E-state index contributed by atoms with van der Waals surface area (Å²) in [5.74, 6) is 1.81. The van der Waals surface area contributed by atoms with Crippen molar-refractivity contribution in [3.05, 3.63) is 66.1 Å². The summed E-state index contributed by atoms with van der Waals surface area (Å²) in [6.07, 6.45) is 5.26. The number of fused-ring (bicyclic) bond motifs is 4. The van der Waals surface area contributed by atoms with Crippen molar-refractivity contribution >= 4 is 6.02 Å². The highest BCUT2D eigenvalue weighted by Crippen LogP contribution is 2.51. The van der Waals surface area contributed by atoms with Gasteiger partial charge in [-0.3, -0.25) is 4.98 Å². The Morgan fingerprint density at radius 1 is 1.10 bits per heavy atom. The molecule has 1 spiro atoms. The van der Waals surface area contributed by atoms with Crippen LogP contribution in [0.2, 0.25) is 0 Å². The Morgan fingerprint density at radius 2 is 1.97 bits per heavy atom. The van der Waals surface area contributed by atoms with E-state index in [1.807, 2.05) is 36.5 Å². The van der Waals surface area contributed by atoms with Crippen LogP contribution in [0.4, 0.5) is 0 Å². The molecule has 31 heavy (non-hydrogen) atoms. The number of rotatable bonds is 3. The molecule has 0 amide bonds. The first-order valence-electron chi connectivity index (χ1n) is 10.2. The second-order valence-electron chi connectivity index (χ2n) is 9.03. The smallest absolute Gasteiger partial charge is 0.283 e. The van der Waals surface area contributed by atoms with Gasteiger partial charge in [0.1, 0.15) is 18.1 Å². The Bertz CT molecular complexity index is 1170. The molecule has 0 bridgehead atoms. The Labute approximate surface area is 180 Å². The van der Waals surface area contributed by atoms with Crippen molar-refractivity contribution in [2.75, 3.05) is 13.2 Å². The summed E-state index contributed by atoms with van der Waals surface area (Å²) >= 11 is 0. The van der Waals surface area contributed by atoms with Crippen LogP contribution in [0.5, 0.6) is 17.4 Å². The van der Waals surface area contributed by atoms with Gasteiger partial charge in [0.2, 0.25) is 5.88 Å². The fourth-order valence-electron chi connectivity index (χ4n) is 3.80. The van der Waals surface area contributed by atoms with E-state index < -0.39 is 5.54 Å². The van der Waals surface area contributed by atoms with E-state index >= 15 is 0 Å². The second kappa shape index (κ2) is 6.97. The standard InChI is InChI=1S/C24H24N4O3/c1-23(2,3)13-29-17-10-19-21(27-12-17)31-20-7-6-15(16-5-4-8-26-11-16)9-18(20)24(19)14-30-22(25)28-24/h4-12H,13-14H2,1-3H3,(H2,25,28)/t24-/m1/s1. The molecular formula is C24H24N4O3. The molecule has 7 heteroatoms. The highest BCUT2D eigenvalue weighted by atomic mass is 16.5. The predicted octanol–water partition coefficient (Wildman–Crippen LogP) is 4.26. The van der Waals surface area contributed by atoms with Crippen molar-refractivity contribution in [1.82, 2.24) is 9.97 Å². The third-order valence-electron chi connectivity index (χ3n) is 5.30. The molecule has 0 aliphatic carbocycles. The molecule has 2 aromatic heterocycles. The molecular weight excluding hydrogens is 392 g/mol. The molecule has 0 saturated carbocycles. The highest BCUT2D eigenvalue weighted by molar-refractivity contribution is 5.77. The summed E-state index contributed by atoms with van der Waals surface area (Å²) in [7, 11) is 0. The lowest BCUT2D eigenvalue weighted by molar-refractivity contribution is 0.196. The predicted molar refractivity (Wildman–Crippen MR) is 117 cm³/mol. The molecule has 0 unspecified atom stereocenters.